The zero-order chi connectivity index (χ0) is 14.2. The van der Waals surface area contributed by atoms with Crippen LogP contribution in [-0.2, 0) is 0 Å². The van der Waals surface area contributed by atoms with Gasteiger partial charge < -0.3 is 5.32 Å². The van der Waals surface area contributed by atoms with Crippen LogP contribution in [0, 0.1) is 0 Å². The van der Waals surface area contributed by atoms with Crippen molar-refractivity contribution in [2.45, 2.75) is 6.18 Å². The quantitative estimate of drug-likeness (QED) is 0.732. The minimum Gasteiger partial charge on any atom is -0.361 e. The van der Waals surface area contributed by atoms with Crippen LogP contribution in [0.1, 0.15) is 0 Å². The summed E-state index contributed by atoms with van der Waals surface area (Å²) in [5.74, 6) is 0.193. The van der Waals surface area contributed by atoms with Crippen molar-refractivity contribution >= 4 is 27.5 Å². The first-order valence-corrected chi connectivity index (χ1v) is 5.83. The molecule has 0 bridgehead atoms. The van der Waals surface area contributed by atoms with Crippen molar-refractivity contribution in [1.82, 2.24) is 15.0 Å². The number of nitrogens with one attached hydrogen (secondary N) is 1. The van der Waals surface area contributed by atoms with E-state index in [9.17, 15) is 13.2 Å². The van der Waals surface area contributed by atoms with Gasteiger partial charge in [-0.3, -0.25) is 9.97 Å². The van der Waals surface area contributed by atoms with Crippen molar-refractivity contribution in [1.29, 1.82) is 0 Å². The summed E-state index contributed by atoms with van der Waals surface area (Å²) in [4.78, 5) is 12.2. The van der Waals surface area contributed by atoms with Gasteiger partial charge >= 0.3 is 6.18 Å². The van der Waals surface area contributed by atoms with Gasteiger partial charge in [0.1, 0.15) is 12.4 Å². The van der Waals surface area contributed by atoms with E-state index < -0.39 is 12.7 Å². The lowest BCUT2D eigenvalue weighted by atomic mass is 10.1. The third-order valence-electron chi connectivity index (χ3n) is 2.85. The number of pyridine rings is 3. The molecule has 0 saturated carbocycles. The highest BCUT2D eigenvalue weighted by atomic mass is 19.4. The Morgan fingerprint density at radius 2 is 1.65 bits per heavy atom. The van der Waals surface area contributed by atoms with Gasteiger partial charge in [0.15, 0.2) is 0 Å². The maximum absolute atomic E-state index is 12.3. The zero-order valence-electron chi connectivity index (χ0n) is 10.1. The molecular weight excluding hydrogens is 269 g/mol. The molecule has 3 rings (SSSR count). The standard InChI is InChI=1S/C13H9F3N4/c14-13(15,16)7-19-12-8-1-3-17-5-9(8)10-6-18-4-2-11(10)20-12/h1-6H,7H2,(H,19,20). The lowest BCUT2D eigenvalue weighted by Gasteiger charge is -2.12. The van der Waals surface area contributed by atoms with E-state index in [0.717, 1.165) is 10.8 Å². The van der Waals surface area contributed by atoms with Crippen molar-refractivity contribution in [3.05, 3.63) is 36.9 Å². The number of fused-ring (bicyclic) bond motifs is 3. The smallest absolute Gasteiger partial charge is 0.361 e. The number of rotatable bonds is 2. The average molecular weight is 278 g/mol. The van der Waals surface area contributed by atoms with E-state index >= 15 is 0 Å². The minimum absolute atomic E-state index is 0.193. The number of halogens is 3. The molecular formula is C13H9F3N4. The molecule has 1 N–H and O–H groups in total. The first kappa shape index (κ1) is 12.6. The van der Waals surface area contributed by atoms with Gasteiger partial charge in [0.25, 0.3) is 0 Å². The van der Waals surface area contributed by atoms with Crippen LogP contribution in [-0.4, -0.2) is 27.7 Å². The minimum atomic E-state index is -4.30. The number of anilines is 1. The lowest BCUT2D eigenvalue weighted by Crippen LogP contribution is -2.22. The number of nitrogens with zero attached hydrogens (tertiary/aromatic N) is 3. The van der Waals surface area contributed by atoms with Crippen molar-refractivity contribution in [3.63, 3.8) is 0 Å². The predicted molar refractivity (Wildman–Crippen MR) is 69.4 cm³/mol. The number of hydrogen-bond donors (Lipinski definition) is 1. The van der Waals surface area contributed by atoms with Gasteiger partial charge in [0.05, 0.1) is 5.52 Å². The Hall–Kier alpha value is -2.44. The monoisotopic (exact) mass is 278 g/mol. The summed E-state index contributed by atoms with van der Waals surface area (Å²) in [5, 5.41) is 4.40. The molecule has 4 nitrogen and oxygen atoms in total. The van der Waals surface area contributed by atoms with E-state index in [1.807, 2.05) is 0 Å². The van der Waals surface area contributed by atoms with E-state index in [2.05, 4.69) is 20.3 Å². The molecule has 0 amide bonds. The van der Waals surface area contributed by atoms with Gasteiger partial charge in [-0.25, -0.2) is 4.98 Å². The Morgan fingerprint density at radius 3 is 2.40 bits per heavy atom. The maximum Gasteiger partial charge on any atom is 0.405 e. The molecule has 3 aromatic rings. The Balaban J connectivity index is 2.19. The van der Waals surface area contributed by atoms with Crippen LogP contribution in [0.3, 0.4) is 0 Å². The second kappa shape index (κ2) is 4.59. The summed E-state index contributed by atoms with van der Waals surface area (Å²) >= 11 is 0. The summed E-state index contributed by atoms with van der Waals surface area (Å²) in [6.07, 6.45) is 1.99. The molecule has 0 atom stereocenters. The first-order valence-electron chi connectivity index (χ1n) is 5.83. The fraction of sp³-hybridized carbons (Fsp3) is 0.154. The number of aromatic nitrogens is 3. The molecule has 20 heavy (non-hydrogen) atoms. The highest BCUT2D eigenvalue weighted by Crippen LogP contribution is 2.28. The summed E-state index contributed by atoms with van der Waals surface area (Å²) in [5.41, 5.74) is 0.574. The molecule has 0 aliphatic heterocycles. The highest BCUT2D eigenvalue weighted by Gasteiger charge is 2.27. The third kappa shape index (κ3) is 2.34. The van der Waals surface area contributed by atoms with Crippen LogP contribution >= 0.6 is 0 Å². The van der Waals surface area contributed by atoms with Gasteiger partial charge in [0.2, 0.25) is 0 Å². The average Bonchev–Trinajstić information content (AvgIpc) is 2.44. The summed E-state index contributed by atoms with van der Waals surface area (Å²) in [6, 6.07) is 3.29. The summed E-state index contributed by atoms with van der Waals surface area (Å²) in [6.45, 7) is -1.13. The largest absolute Gasteiger partial charge is 0.405 e. The molecule has 3 heterocycles. The van der Waals surface area contributed by atoms with Crippen LogP contribution < -0.4 is 5.32 Å². The van der Waals surface area contributed by atoms with Gasteiger partial charge in [-0.1, -0.05) is 0 Å². The first-order chi connectivity index (χ1) is 9.54. The third-order valence-corrected chi connectivity index (χ3v) is 2.85. The molecule has 0 saturated heterocycles. The van der Waals surface area contributed by atoms with Gasteiger partial charge in [-0.05, 0) is 12.1 Å². The number of hydrogen-bond acceptors (Lipinski definition) is 4. The van der Waals surface area contributed by atoms with Crippen LogP contribution in [0.15, 0.2) is 36.9 Å². The highest BCUT2D eigenvalue weighted by molar-refractivity contribution is 6.09. The topological polar surface area (TPSA) is 50.7 Å². The predicted octanol–water partition coefficient (Wildman–Crippen LogP) is 3.15. The molecule has 0 radical (unpaired) electrons. The molecule has 0 spiro atoms. The molecule has 7 heteroatoms. The normalized spacial score (nSPS) is 11.9. The fourth-order valence-corrected chi connectivity index (χ4v) is 2.01. The van der Waals surface area contributed by atoms with Crippen molar-refractivity contribution < 1.29 is 13.2 Å². The van der Waals surface area contributed by atoms with Crippen LogP contribution in [0.2, 0.25) is 0 Å². The molecule has 0 fully saturated rings. The van der Waals surface area contributed by atoms with E-state index in [1.165, 1.54) is 6.20 Å². The molecule has 0 aliphatic rings. The van der Waals surface area contributed by atoms with Crippen LogP contribution in [0.25, 0.3) is 21.7 Å². The Kier molecular flexibility index (Phi) is 2.89. The van der Waals surface area contributed by atoms with Crippen molar-refractivity contribution in [2.75, 3.05) is 11.9 Å². The van der Waals surface area contributed by atoms with Crippen LogP contribution in [0.5, 0.6) is 0 Å². The molecule has 0 aromatic carbocycles. The van der Waals surface area contributed by atoms with Crippen molar-refractivity contribution in [2.24, 2.45) is 0 Å². The maximum atomic E-state index is 12.3. The molecule has 0 aliphatic carbocycles. The molecule has 3 aromatic heterocycles. The van der Waals surface area contributed by atoms with Crippen molar-refractivity contribution in [3.8, 4) is 0 Å². The zero-order valence-corrected chi connectivity index (χ0v) is 10.1. The Labute approximate surface area is 111 Å². The van der Waals surface area contributed by atoms with Crippen LogP contribution in [0.4, 0.5) is 19.0 Å². The Morgan fingerprint density at radius 1 is 0.950 bits per heavy atom. The van der Waals surface area contributed by atoms with Gasteiger partial charge in [-0.2, -0.15) is 13.2 Å². The van der Waals surface area contributed by atoms with Gasteiger partial charge in [0, 0.05) is 40.9 Å². The molecule has 102 valence electrons. The Bertz CT molecular complexity index is 770. The fourth-order valence-electron chi connectivity index (χ4n) is 2.01. The SMILES string of the molecule is FC(F)(F)CNc1nc2ccncc2c2cnccc12. The second-order valence-electron chi connectivity index (χ2n) is 4.24. The lowest BCUT2D eigenvalue weighted by molar-refractivity contribution is -0.115. The molecule has 0 unspecified atom stereocenters. The van der Waals surface area contributed by atoms with E-state index in [1.54, 1.807) is 30.7 Å². The van der Waals surface area contributed by atoms with Gasteiger partial charge in [-0.15, -0.1) is 0 Å². The van der Waals surface area contributed by atoms with E-state index in [-0.39, 0.29) is 5.82 Å². The number of alkyl halides is 3. The summed E-state index contributed by atoms with van der Waals surface area (Å²) < 4.78 is 37.0. The van der Waals surface area contributed by atoms with E-state index in [0.29, 0.717) is 10.9 Å². The van der Waals surface area contributed by atoms with E-state index in [4.69, 9.17) is 0 Å². The second-order valence-corrected chi connectivity index (χ2v) is 4.24. The summed E-state index contributed by atoms with van der Waals surface area (Å²) in [7, 11) is 0.